The fourth-order valence-electron chi connectivity index (χ4n) is 2.86. The van der Waals surface area contributed by atoms with E-state index >= 15 is 0 Å². The molecule has 0 aliphatic carbocycles. The number of rotatable bonds is 5. The molecule has 0 spiro atoms. The van der Waals surface area contributed by atoms with Crippen LogP contribution in [0.25, 0.3) is 0 Å². The maximum Gasteiger partial charge on any atom is 0.343 e. The number of carbonyl (C=O) groups is 3. The maximum atomic E-state index is 12.3. The number of nitrogens with one attached hydrogen (secondary N) is 2. The van der Waals surface area contributed by atoms with Crippen molar-refractivity contribution in [2.45, 2.75) is 20.8 Å². The molecule has 2 N–H and O–H groups in total. The van der Waals surface area contributed by atoms with Crippen molar-refractivity contribution in [2.24, 2.45) is 5.10 Å². The molecule has 0 atom stereocenters. The first-order valence-corrected chi connectivity index (χ1v) is 9.92. The Balaban J connectivity index is 1.57. The van der Waals surface area contributed by atoms with E-state index in [-0.39, 0.29) is 0 Å². The van der Waals surface area contributed by atoms with Crippen LogP contribution in [0.3, 0.4) is 0 Å². The van der Waals surface area contributed by atoms with Gasteiger partial charge in [-0.2, -0.15) is 5.10 Å². The van der Waals surface area contributed by atoms with Crippen LogP contribution in [0.4, 0.5) is 5.69 Å². The molecule has 0 saturated heterocycles. The molecule has 0 heterocycles. The van der Waals surface area contributed by atoms with Crippen LogP contribution in [0.5, 0.6) is 5.75 Å². The summed E-state index contributed by atoms with van der Waals surface area (Å²) in [7, 11) is 0. The molecule has 162 valence electrons. The highest BCUT2D eigenvalue weighted by atomic mass is 16.5. The van der Waals surface area contributed by atoms with Crippen LogP contribution >= 0.6 is 0 Å². The van der Waals surface area contributed by atoms with Crippen LogP contribution in [0.15, 0.2) is 71.8 Å². The summed E-state index contributed by atoms with van der Waals surface area (Å²) in [4.78, 5) is 36.3. The minimum atomic E-state index is -0.900. The number of benzene rings is 3. The van der Waals surface area contributed by atoms with E-state index in [1.807, 2.05) is 45.0 Å². The molecular weight excluding hydrogens is 406 g/mol. The topological polar surface area (TPSA) is 96.9 Å². The number of hydrogen-bond acceptors (Lipinski definition) is 5. The van der Waals surface area contributed by atoms with Gasteiger partial charge in [0.05, 0.1) is 11.8 Å². The van der Waals surface area contributed by atoms with Crippen LogP contribution in [0, 0.1) is 20.8 Å². The third kappa shape index (κ3) is 6.12. The van der Waals surface area contributed by atoms with Crippen LogP contribution < -0.4 is 15.5 Å². The Morgan fingerprint density at radius 1 is 0.844 bits per heavy atom. The highest BCUT2D eigenvalue weighted by molar-refractivity contribution is 6.39. The quantitative estimate of drug-likeness (QED) is 0.211. The number of aryl methyl sites for hydroxylation is 3. The van der Waals surface area contributed by atoms with Crippen molar-refractivity contribution in [3.05, 3.63) is 94.5 Å². The maximum absolute atomic E-state index is 12.3. The summed E-state index contributed by atoms with van der Waals surface area (Å²) in [6.07, 6.45) is 1.35. The fraction of sp³-hybridized carbons (Fsp3) is 0.120. The average Bonchev–Trinajstić information content (AvgIpc) is 2.76. The lowest BCUT2D eigenvalue weighted by molar-refractivity contribution is -0.136. The van der Waals surface area contributed by atoms with E-state index in [2.05, 4.69) is 15.8 Å². The molecule has 0 radical (unpaired) electrons. The van der Waals surface area contributed by atoms with E-state index in [9.17, 15) is 14.4 Å². The fourth-order valence-corrected chi connectivity index (χ4v) is 2.86. The van der Waals surface area contributed by atoms with E-state index < -0.39 is 17.8 Å². The summed E-state index contributed by atoms with van der Waals surface area (Å²) in [5, 5.41) is 6.36. The summed E-state index contributed by atoms with van der Waals surface area (Å²) in [5.41, 5.74) is 6.72. The number of nitrogens with zero attached hydrogens (tertiary/aromatic N) is 1. The largest absolute Gasteiger partial charge is 0.423 e. The van der Waals surface area contributed by atoms with Crippen LogP contribution in [0.2, 0.25) is 0 Å². The van der Waals surface area contributed by atoms with Gasteiger partial charge in [-0.3, -0.25) is 9.59 Å². The highest BCUT2D eigenvalue weighted by Gasteiger charge is 2.14. The molecule has 0 fully saturated rings. The Bertz CT molecular complexity index is 1180. The van der Waals surface area contributed by atoms with Gasteiger partial charge in [-0.05, 0) is 62.2 Å². The number of hydrogen-bond donors (Lipinski definition) is 2. The standard InChI is InChI=1S/C25H23N3O4/c1-16-7-10-20(11-8-16)25(31)32-21-6-4-5-19(14-21)15-26-28-24(30)23(29)27-22-12-9-17(2)13-18(22)3/h4-15H,1-3H3,(H,27,29)(H,28,30). The second-order valence-electron chi connectivity index (χ2n) is 7.30. The molecule has 32 heavy (non-hydrogen) atoms. The van der Waals surface area contributed by atoms with Gasteiger partial charge in [0.25, 0.3) is 0 Å². The number of amides is 2. The zero-order valence-corrected chi connectivity index (χ0v) is 18.0. The molecule has 7 heteroatoms. The molecule has 0 unspecified atom stereocenters. The number of hydrazone groups is 1. The number of ether oxygens (including phenoxy) is 1. The van der Waals surface area contributed by atoms with Gasteiger partial charge in [0, 0.05) is 5.69 Å². The van der Waals surface area contributed by atoms with Gasteiger partial charge in [-0.25, -0.2) is 10.2 Å². The van der Waals surface area contributed by atoms with Gasteiger partial charge in [0.1, 0.15) is 5.75 Å². The first-order valence-electron chi connectivity index (χ1n) is 9.92. The zero-order chi connectivity index (χ0) is 23.1. The number of anilines is 1. The van der Waals surface area contributed by atoms with Crippen molar-refractivity contribution >= 4 is 29.7 Å². The highest BCUT2D eigenvalue weighted by Crippen LogP contribution is 2.16. The molecular formula is C25H23N3O4. The Hall–Kier alpha value is -4.26. The minimum Gasteiger partial charge on any atom is -0.423 e. The van der Waals surface area contributed by atoms with Crippen LogP contribution in [0.1, 0.15) is 32.6 Å². The average molecular weight is 429 g/mol. The lowest BCUT2D eigenvalue weighted by Crippen LogP contribution is -2.32. The van der Waals surface area contributed by atoms with Crippen molar-refractivity contribution in [3.63, 3.8) is 0 Å². The Morgan fingerprint density at radius 2 is 1.56 bits per heavy atom. The normalized spacial score (nSPS) is 10.6. The molecule has 0 bridgehead atoms. The van der Waals surface area contributed by atoms with Crippen molar-refractivity contribution in [1.29, 1.82) is 0 Å². The number of esters is 1. The van der Waals surface area contributed by atoms with Gasteiger partial charge in [-0.15, -0.1) is 0 Å². The van der Waals surface area contributed by atoms with E-state index in [1.165, 1.54) is 6.21 Å². The first kappa shape index (κ1) is 22.4. The van der Waals surface area contributed by atoms with Gasteiger partial charge in [-0.1, -0.05) is 47.5 Å². The molecule has 3 aromatic rings. The molecule has 0 aliphatic heterocycles. The summed E-state index contributed by atoms with van der Waals surface area (Å²) >= 11 is 0. The predicted molar refractivity (Wildman–Crippen MR) is 123 cm³/mol. The zero-order valence-electron chi connectivity index (χ0n) is 18.0. The number of carbonyl (C=O) groups excluding carboxylic acids is 3. The second kappa shape index (κ2) is 10.2. The summed E-state index contributed by atoms with van der Waals surface area (Å²) in [5.74, 6) is -1.87. The Labute approximate surface area is 186 Å². The molecule has 3 rings (SSSR count). The molecule has 7 nitrogen and oxygen atoms in total. The smallest absolute Gasteiger partial charge is 0.343 e. The molecule has 0 aromatic heterocycles. The molecule has 2 amide bonds. The minimum absolute atomic E-state index is 0.332. The third-order valence-corrected chi connectivity index (χ3v) is 4.57. The van der Waals surface area contributed by atoms with E-state index in [1.54, 1.807) is 42.5 Å². The van der Waals surface area contributed by atoms with Gasteiger partial charge < -0.3 is 10.1 Å². The summed E-state index contributed by atoms with van der Waals surface area (Å²) in [6.45, 7) is 5.72. The van der Waals surface area contributed by atoms with E-state index in [4.69, 9.17) is 4.74 Å². The summed E-state index contributed by atoms with van der Waals surface area (Å²) < 4.78 is 5.38. The van der Waals surface area contributed by atoms with Crippen molar-refractivity contribution < 1.29 is 19.1 Å². The Morgan fingerprint density at radius 3 is 2.28 bits per heavy atom. The van der Waals surface area contributed by atoms with Crippen molar-refractivity contribution in [2.75, 3.05) is 5.32 Å². The van der Waals surface area contributed by atoms with E-state index in [0.717, 1.165) is 16.7 Å². The van der Waals surface area contributed by atoms with Crippen LogP contribution in [-0.2, 0) is 9.59 Å². The predicted octanol–water partition coefficient (Wildman–Crippen LogP) is 3.92. The van der Waals surface area contributed by atoms with Gasteiger partial charge >= 0.3 is 17.8 Å². The molecule has 0 saturated carbocycles. The van der Waals surface area contributed by atoms with Crippen LogP contribution in [-0.4, -0.2) is 24.0 Å². The Kier molecular flexibility index (Phi) is 7.13. The van der Waals surface area contributed by atoms with Gasteiger partial charge in [0.15, 0.2) is 0 Å². The third-order valence-electron chi connectivity index (χ3n) is 4.57. The SMILES string of the molecule is Cc1ccc(C(=O)Oc2cccc(C=NNC(=O)C(=O)Nc3ccc(C)cc3C)c2)cc1. The summed E-state index contributed by atoms with van der Waals surface area (Å²) in [6, 6.07) is 19.2. The molecule has 0 aliphatic rings. The monoisotopic (exact) mass is 429 g/mol. The van der Waals surface area contributed by atoms with Crippen molar-refractivity contribution in [1.82, 2.24) is 5.43 Å². The first-order chi connectivity index (χ1) is 15.3. The lowest BCUT2D eigenvalue weighted by atomic mass is 10.1. The van der Waals surface area contributed by atoms with Gasteiger partial charge in [0.2, 0.25) is 0 Å². The van der Waals surface area contributed by atoms with Crippen molar-refractivity contribution in [3.8, 4) is 5.75 Å². The second-order valence-corrected chi connectivity index (χ2v) is 7.30. The molecule has 3 aromatic carbocycles. The van der Waals surface area contributed by atoms with E-state index in [0.29, 0.717) is 22.6 Å². The lowest BCUT2D eigenvalue weighted by Gasteiger charge is -2.08.